The maximum absolute atomic E-state index is 11.9. The molecule has 0 aromatic carbocycles. The van der Waals surface area contributed by atoms with Crippen LogP contribution in [0.1, 0.15) is 48.5 Å². The maximum Gasteiger partial charge on any atom is 0.320 e. The summed E-state index contributed by atoms with van der Waals surface area (Å²) in [5.41, 5.74) is 0. The second-order valence-corrected chi connectivity index (χ2v) is 4.38. The van der Waals surface area contributed by atoms with Gasteiger partial charge in [-0.2, -0.15) is 0 Å². The van der Waals surface area contributed by atoms with Gasteiger partial charge in [0, 0.05) is 24.7 Å². The van der Waals surface area contributed by atoms with E-state index in [1.54, 1.807) is 0 Å². The predicted molar refractivity (Wildman–Crippen MR) is 65.0 cm³/mol. The van der Waals surface area contributed by atoms with Crippen molar-refractivity contribution in [1.82, 2.24) is 9.80 Å². The van der Waals surface area contributed by atoms with Gasteiger partial charge >= 0.3 is 6.03 Å². The van der Waals surface area contributed by atoms with Crippen LogP contribution in [-0.4, -0.2) is 40.5 Å². The van der Waals surface area contributed by atoms with E-state index < -0.39 is 0 Å². The van der Waals surface area contributed by atoms with Crippen molar-refractivity contribution in [2.24, 2.45) is 0 Å². The molecule has 0 N–H and O–H groups in total. The number of carbonyl (C=O) groups is 1. The van der Waals surface area contributed by atoms with Crippen molar-refractivity contribution in [3.8, 4) is 0 Å². The number of hydrogen-bond acceptors (Lipinski definition) is 1. The van der Waals surface area contributed by atoms with E-state index in [9.17, 15) is 4.79 Å². The summed E-state index contributed by atoms with van der Waals surface area (Å²) in [7, 11) is 0. The molecule has 0 bridgehead atoms. The molecule has 3 nitrogen and oxygen atoms in total. The zero-order valence-corrected chi connectivity index (χ0v) is 11.2. The van der Waals surface area contributed by atoms with Crippen molar-refractivity contribution >= 4 is 6.03 Å². The lowest BCUT2D eigenvalue weighted by Crippen LogP contribution is -2.40. The van der Waals surface area contributed by atoms with Gasteiger partial charge in [-0.15, -0.1) is 0 Å². The van der Waals surface area contributed by atoms with E-state index >= 15 is 0 Å². The number of carbonyl (C=O) groups excluding carboxylic acids is 1. The van der Waals surface area contributed by atoms with E-state index in [-0.39, 0.29) is 6.03 Å². The zero-order valence-electron chi connectivity index (χ0n) is 11.2. The molecule has 0 spiro atoms. The van der Waals surface area contributed by atoms with E-state index in [4.69, 9.17) is 0 Å². The number of amides is 2. The van der Waals surface area contributed by atoms with Crippen molar-refractivity contribution in [3.05, 3.63) is 0 Å². The third-order valence-electron chi connectivity index (χ3n) is 2.58. The van der Waals surface area contributed by atoms with Crippen LogP contribution < -0.4 is 0 Å². The Morgan fingerprint density at radius 3 is 1.80 bits per heavy atom. The van der Waals surface area contributed by atoms with Crippen molar-refractivity contribution in [3.63, 3.8) is 0 Å². The average Bonchev–Trinajstić information content (AvgIpc) is 2.45. The Morgan fingerprint density at radius 1 is 1.13 bits per heavy atom. The first-order chi connectivity index (χ1) is 6.95. The molecule has 0 aliphatic carbocycles. The standard InChI is InChI=1S/C10H20N2O.C2H6/c1-7(2)11-6-9(5)12(8(3)4)10(11)13;1-2/h7-9H,6H2,1-5H3;1-2H3. The monoisotopic (exact) mass is 214 g/mol. The Hall–Kier alpha value is -0.730. The number of nitrogens with zero attached hydrogens (tertiary/aromatic N) is 2. The van der Waals surface area contributed by atoms with E-state index in [1.165, 1.54) is 0 Å². The summed E-state index contributed by atoms with van der Waals surface area (Å²) in [6, 6.07) is 1.18. The smallest absolute Gasteiger partial charge is 0.320 e. The van der Waals surface area contributed by atoms with Crippen molar-refractivity contribution in [1.29, 1.82) is 0 Å². The van der Waals surface area contributed by atoms with Gasteiger partial charge in [0.1, 0.15) is 0 Å². The summed E-state index contributed by atoms with van der Waals surface area (Å²) in [4.78, 5) is 15.7. The summed E-state index contributed by atoms with van der Waals surface area (Å²) in [6.45, 7) is 15.2. The van der Waals surface area contributed by atoms with Gasteiger partial charge in [-0.1, -0.05) is 13.8 Å². The molecular weight excluding hydrogens is 188 g/mol. The van der Waals surface area contributed by atoms with Crippen LogP contribution in [0.2, 0.25) is 0 Å². The van der Waals surface area contributed by atoms with Gasteiger partial charge in [-0.3, -0.25) is 0 Å². The molecule has 0 aromatic heterocycles. The molecule has 90 valence electrons. The minimum atomic E-state index is 0.192. The zero-order chi connectivity index (χ0) is 12.2. The molecule has 1 aliphatic heterocycles. The SMILES string of the molecule is CC.CC(C)N1CC(C)N(C(C)C)C1=O. The van der Waals surface area contributed by atoms with Crippen molar-refractivity contribution in [2.75, 3.05) is 6.54 Å². The molecule has 1 heterocycles. The Balaban J connectivity index is 0.000000921. The van der Waals surface area contributed by atoms with Crippen LogP contribution in [0.4, 0.5) is 4.79 Å². The van der Waals surface area contributed by atoms with Crippen LogP contribution in [0.25, 0.3) is 0 Å². The highest BCUT2D eigenvalue weighted by Gasteiger charge is 2.36. The lowest BCUT2D eigenvalue weighted by Gasteiger charge is -2.25. The van der Waals surface area contributed by atoms with Crippen LogP contribution >= 0.6 is 0 Å². The fourth-order valence-electron chi connectivity index (χ4n) is 1.95. The van der Waals surface area contributed by atoms with Crippen molar-refractivity contribution in [2.45, 2.75) is 66.6 Å². The van der Waals surface area contributed by atoms with Crippen LogP contribution in [0, 0.1) is 0 Å². The highest BCUT2D eigenvalue weighted by atomic mass is 16.2. The van der Waals surface area contributed by atoms with Crippen molar-refractivity contribution < 1.29 is 4.79 Å². The summed E-state index contributed by atoms with van der Waals surface area (Å²) in [5.74, 6) is 0. The second kappa shape index (κ2) is 5.99. The van der Waals surface area contributed by atoms with E-state index in [1.807, 2.05) is 23.6 Å². The number of hydrogen-bond donors (Lipinski definition) is 0. The molecule has 1 rings (SSSR count). The van der Waals surface area contributed by atoms with Gasteiger partial charge in [-0.25, -0.2) is 4.79 Å². The quantitative estimate of drug-likeness (QED) is 0.693. The predicted octanol–water partition coefficient (Wildman–Crippen LogP) is 2.96. The molecule has 1 saturated heterocycles. The molecule has 0 saturated carbocycles. The Kier molecular flexibility index (Phi) is 5.69. The summed E-state index contributed by atoms with van der Waals surface area (Å²) >= 11 is 0. The Bertz CT molecular complexity index is 202. The van der Waals surface area contributed by atoms with Crippen LogP contribution in [0.5, 0.6) is 0 Å². The molecule has 1 unspecified atom stereocenters. The molecular formula is C12H26N2O. The molecule has 0 aromatic rings. The summed E-state index contributed by atoms with van der Waals surface area (Å²) in [5, 5.41) is 0. The second-order valence-electron chi connectivity index (χ2n) is 4.38. The third kappa shape index (κ3) is 3.11. The highest BCUT2D eigenvalue weighted by molar-refractivity contribution is 5.77. The average molecular weight is 214 g/mol. The minimum Gasteiger partial charge on any atom is -0.320 e. The molecule has 2 amide bonds. The summed E-state index contributed by atoms with van der Waals surface area (Å²) in [6.07, 6.45) is 0. The van der Waals surface area contributed by atoms with Gasteiger partial charge in [0.15, 0.2) is 0 Å². The van der Waals surface area contributed by atoms with Crippen LogP contribution in [-0.2, 0) is 0 Å². The first kappa shape index (κ1) is 14.3. The first-order valence-corrected chi connectivity index (χ1v) is 6.04. The largest absolute Gasteiger partial charge is 0.320 e. The topological polar surface area (TPSA) is 23.6 Å². The Labute approximate surface area is 94.4 Å². The number of urea groups is 1. The fraction of sp³-hybridized carbons (Fsp3) is 0.917. The van der Waals surface area contributed by atoms with E-state index in [0.717, 1.165) is 6.54 Å². The normalized spacial score (nSPS) is 21.1. The van der Waals surface area contributed by atoms with Crippen LogP contribution in [0.15, 0.2) is 0 Å². The first-order valence-electron chi connectivity index (χ1n) is 6.04. The maximum atomic E-state index is 11.9. The van der Waals surface area contributed by atoms with Crippen LogP contribution in [0.3, 0.4) is 0 Å². The lowest BCUT2D eigenvalue weighted by atomic mass is 10.2. The molecule has 15 heavy (non-hydrogen) atoms. The van der Waals surface area contributed by atoms with E-state index in [2.05, 4.69) is 34.6 Å². The molecule has 1 fully saturated rings. The molecule has 1 aliphatic rings. The lowest BCUT2D eigenvalue weighted by molar-refractivity contribution is 0.169. The van der Waals surface area contributed by atoms with Gasteiger partial charge in [0.25, 0.3) is 0 Å². The third-order valence-corrected chi connectivity index (χ3v) is 2.58. The minimum absolute atomic E-state index is 0.192. The van der Waals surface area contributed by atoms with Gasteiger partial charge < -0.3 is 9.80 Å². The number of rotatable bonds is 2. The fourth-order valence-corrected chi connectivity index (χ4v) is 1.95. The Morgan fingerprint density at radius 2 is 1.60 bits per heavy atom. The molecule has 0 radical (unpaired) electrons. The molecule has 1 atom stereocenters. The van der Waals surface area contributed by atoms with Gasteiger partial charge in [0.05, 0.1) is 0 Å². The van der Waals surface area contributed by atoms with Gasteiger partial charge in [0.2, 0.25) is 0 Å². The van der Waals surface area contributed by atoms with E-state index in [0.29, 0.717) is 18.1 Å². The highest BCUT2D eigenvalue weighted by Crippen LogP contribution is 2.20. The summed E-state index contributed by atoms with van der Waals surface area (Å²) < 4.78 is 0. The van der Waals surface area contributed by atoms with Gasteiger partial charge in [-0.05, 0) is 34.6 Å². The molecule has 3 heteroatoms.